The molecule has 2 amide bonds. The lowest BCUT2D eigenvalue weighted by molar-refractivity contribution is -0.142. The number of alkyl halides is 1. The predicted molar refractivity (Wildman–Crippen MR) is 155 cm³/mol. The van der Waals surface area contributed by atoms with E-state index in [2.05, 4.69) is 26.6 Å². The molecule has 11 heteroatoms. The molecule has 0 aromatic rings. The van der Waals surface area contributed by atoms with Gasteiger partial charge in [0.25, 0.3) is 0 Å². The first-order valence-electron chi connectivity index (χ1n) is 15.9. The van der Waals surface area contributed by atoms with Crippen LogP contribution in [-0.4, -0.2) is 97.6 Å². The first-order chi connectivity index (χ1) is 19.8. The van der Waals surface area contributed by atoms with E-state index in [1.165, 1.54) is 12.6 Å². The van der Waals surface area contributed by atoms with Gasteiger partial charge in [-0.25, -0.2) is 4.39 Å². The van der Waals surface area contributed by atoms with Crippen LogP contribution in [0, 0.1) is 34.5 Å². The molecule has 4 heterocycles. The molecular weight excluding hydrogens is 523 g/mol. The molecule has 1 spiro atoms. The van der Waals surface area contributed by atoms with Crippen molar-refractivity contribution in [1.29, 1.82) is 5.26 Å². The zero-order valence-corrected chi connectivity index (χ0v) is 24.4. The van der Waals surface area contributed by atoms with Gasteiger partial charge in [0, 0.05) is 37.8 Å². The van der Waals surface area contributed by atoms with Gasteiger partial charge in [0.15, 0.2) is 0 Å². The highest BCUT2D eigenvalue weighted by atomic mass is 19.1. The number of nitrogens with one attached hydrogen (secondary N) is 2. The molecule has 0 aromatic heterocycles. The number of amides is 2. The number of nitrogens with zero attached hydrogens (tertiary/aromatic N) is 4. The van der Waals surface area contributed by atoms with E-state index < -0.39 is 24.3 Å². The lowest BCUT2D eigenvalue weighted by Gasteiger charge is -2.45. The van der Waals surface area contributed by atoms with E-state index in [0.717, 1.165) is 77.4 Å². The molecule has 0 aromatic carbocycles. The molecular formula is C30H49FN8O2. The van der Waals surface area contributed by atoms with Crippen LogP contribution in [0.2, 0.25) is 0 Å². The highest BCUT2D eigenvalue weighted by molar-refractivity contribution is 5.81. The van der Waals surface area contributed by atoms with Crippen molar-refractivity contribution in [2.45, 2.75) is 101 Å². The smallest absolute Gasteiger partial charge is 0.228 e. The van der Waals surface area contributed by atoms with Crippen molar-refractivity contribution in [2.24, 2.45) is 39.6 Å². The molecule has 228 valence electrons. The fourth-order valence-corrected chi connectivity index (χ4v) is 8.09. The predicted octanol–water partition coefficient (Wildman–Crippen LogP) is 1.30. The van der Waals surface area contributed by atoms with Crippen LogP contribution < -0.4 is 22.1 Å². The summed E-state index contributed by atoms with van der Waals surface area (Å²) in [5, 5.41) is 15.7. The highest BCUT2D eigenvalue weighted by Gasteiger charge is 2.43. The van der Waals surface area contributed by atoms with E-state index in [4.69, 9.17) is 16.7 Å². The summed E-state index contributed by atoms with van der Waals surface area (Å²) in [5.41, 5.74) is 12.5. The second-order valence-corrected chi connectivity index (χ2v) is 13.3. The van der Waals surface area contributed by atoms with Crippen molar-refractivity contribution in [3.63, 3.8) is 0 Å². The lowest BCUT2D eigenvalue weighted by atomic mass is 9.65. The van der Waals surface area contributed by atoms with Gasteiger partial charge in [-0.05, 0) is 76.4 Å². The zero-order chi connectivity index (χ0) is 29.0. The van der Waals surface area contributed by atoms with Gasteiger partial charge in [-0.2, -0.15) is 5.26 Å². The van der Waals surface area contributed by atoms with Crippen molar-refractivity contribution in [3.8, 4) is 6.07 Å². The van der Waals surface area contributed by atoms with Gasteiger partial charge in [0.2, 0.25) is 11.8 Å². The SMILES string of the molecule is N#CC1CN(C(=O)C2CCN(C3CCNCC3NC(=O)C(C(N)N)C3CC4(CCCCC4)CCC(F)C=N3)CC2)C1. The van der Waals surface area contributed by atoms with E-state index >= 15 is 0 Å². The maximum Gasteiger partial charge on any atom is 0.228 e. The Morgan fingerprint density at radius 2 is 1.83 bits per heavy atom. The number of nitriles is 1. The molecule has 5 unspecified atom stereocenters. The minimum atomic E-state index is -1.11. The average Bonchev–Trinajstić information content (AvgIpc) is 2.94. The molecule has 4 fully saturated rings. The number of piperidine rings is 2. The van der Waals surface area contributed by atoms with Gasteiger partial charge in [-0.15, -0.1) is 0 Å². The molecule has 0 radical (unpaired) electrons. The molecule has 6 N–H and O–H groups in total. The van der Waals surface area contributed by atoms with Crippen molar-refractivity contribution >= 4 is 18.0 Å². The van der Waals surface area contributed by atoms with Gasteiger partial charge < -0.3 is 27.0 Å². The van der Waals surface area contributed by atoms with E-state index in [-0.39, 0.29) is 41.1 Å². The Labute approximate surface area is 243 Å². The third-order valence-corrected chi connectivity index (χ3v) is 10.6. The molecule has 0 bridgehead atoms. The molecule has 5 rings (SSSR count). The van der Waals surface area contributed by atoms with Gasteiger partial charge >= 0.3 is 0 Å². The van der Waals surface area contributed by atoms with Crippen molar-refractivity contribution < 1.29 is 14.0 Å². The maximum absolute atomic E-state index is 14.6. The largest absolute Gasteiger partial charge is 0.350 e. The van der Waals surface area contributed by atoms with Gasteiger partial charge in [0.05, 0.1) is 36.2 Å². The van der Waals surface area contributed by atoms with Crippen LogP contribution in [0.3, 0.4) is 0 Å². The van der Waals surface area contributed by atoms with E-state index in [9.17, 15) is 14.0 Å². The molecule has 5 atom stereocenters. The van der Waals surface area contributed by atoms with Crippen LogP contribution in [0.25, 0.3) is 0 Å². The van der Waals surface area contributed by atoms with Gasteiger partial charge in [-0.1, -0.05) is 19.3 Å². The quantitative estimate of drug-likeness (QED) is 0.350. The van der Waals surface area contributed by atoms with Gasteiger partial charge in [-0.3, -0.25) is 19.5 Å². The Bertz CT molecular complexity index is 981. The summed E-state index contributed by atoms with van der Waals surface area (Å²) in [6.45, 7) is 4.23. The number of halogens is 1. The van der Waals surface area contributed by atoms with Gasteiger partial charge in [0.1, 0.15) is 6.17 Å². The number of aliphatic imine (C=N–C) groups is 1. The number of likely N-dealkylation sites (tertiary alicyclic amines) is 2. The van der Waals surface area contributed by atoms with Crippen LogP contribution >= 0.6 is 0 Å². The van der Waals surface area contributed by atoms with E-state index in [0.29, 0.717) is 26.1 Å². The minimum absolute atomic E-state index is 0.000709. The van der Waals surface area contributed by atoms with Crippen LogP contribution in [0.5, 0.6) is 0 Å². The summed E-state index contributed by atoms with van der Waals surface area (Å²) in [6.07, 6.45) is 9.43. The second-order valence-electron chi connectivity index (χ2n) is 13.3. The number of carbonyl (C=O) groups is 2. The molecule has 5 aliphatic rings. The first kappa shape index (κ1) is 30.3. The fourth-order valence-electron chi connectivity index (χ4n) is 8.09. The summed E-state index contributed by atoms with van der Waals surface area (Å²) in [4.78, 5) is 35.6. The topological polar surface area (TPSA) is 153 Å². The fraction of sp³-hybridized carbons (Fsp3) is 0.867. The summed E-state index contributed by atoms with van der Waals surface area (Å²) >= 11 is 0. The van der Waals surface area contributed by atoms with E-state index in [1.807, 2.05) is 4.90 Å². The number of nitrogens with two attached hydrogens (primary N) is 2. The molecule has 41 heavy (non-hydrogen) atoms. The average molecular weight is 573 g/mol. The maximum atomic E-state index is 14.6. The Hall–Kier alpha value is -2.13. The number of hydrogen-bond acceptors (Lipinski definition) is 8. The van der Waals surface area contributed by atoms with Crippen LogP contribution in [-0.2, 0) is 9.59 Å². The standard InChI is InChI=1S/C30H49FN8O2/c31-22-4-10-30(8-2-1-3-9-30)14-23(36-16-22)26(27(33)34)28(40)37-24-17-35-11-5-25(24)38-12-6-21(7-13-38)29(41)39-18-20(15-32)19-39/h16,20-27,35H,1-14,17-19,33-34H2,(H,37,40). The zero-order valence-electron chi connectivity index (χ0n) is 24.4. The monoisotopic (exact) mass is 572 g/mol. The molecule has 10 nitrogen and oxygen atoms in total. The second kappa shape index (κ2) is 13.4. The van der Waals surface area contributed by atoms with Crippen LogP contribution in [0.1, 0.15) is 70.6 Å². The van der Waals surface area contributed by atoms with Crippen LogP contribution in [0.15, 0.2) is 4.99 Å². The van der Waals surface area contributed by atoms with E-state index in [1.54, 1.807) is 0 Å². The Morgan fingerprint density at radius 3 is 2.51 bits per heavy atom. The Kier molecular flexibility index (Phi) is 9.95. The molecule has 1 aliphatic carbocycles. The Morgan fingerprint density at radius 1 is 1.10 bits per heavy atom. The highest BCUT2D eigenvalue weighted by Crippen LogP contribution is 2.46. The summed E-state index contributed by atoms with van der Waals surface area (Å²) in [6, 6.07) is 1.83. The Balaban J connectivity index is 1.22. The number of rotatable bonds is 6. The lowest BCUT2D eigenvalue weighted by Crippen LogP contribution is -2.63. The van der Waals surface area contributed by atoms with Crippen molar-refractivity contribution in [3.05, 3.63) is 0 Å². The number of carbonyl (C=O) groups excluding carboxylic acids is 2. The summed E-state index contributed by atoms with van der Waals surface area (Å²) < 4.78 is 14.6. The first-order valence-corrected chi connectivity index (χ1v) is 15.9. The summed E-state index contributed by atoms with van der Waals surface area (Å²) in [5.74, 6) is -0.767. The molecule has 4 aliphatic heterocycles. The minimum Gasteiger partial charge on any atom is -0.350 e. The van der Waals surface area contributed by atoms with Crippen LogP contribution in [0.4, 0.5) is 4.39 Å². The number of hydrogen-bond donors (Lipinski definition) is 4. The van der Waals surface area contributed by atoms with Crippen molar-refractivity contribution in [2.75, 3.05) is 39.3 Å². The molecule has 3 saturated heterocycles. The third kappa shape index (κ3) is 7.10. The normalized spacial score (nSPS) is 32.5. The summed E-state index contributed by atoms with van der Waals surface area (Å²) in [7, 11) is 0. The van der Waals surface area contributed by atoms with Crippen molar-refractivity contribution in [1.82, 2.24) is 20.4 Å². The molecule has 1 saturated carbocycles. The third-order valence-electron chi connectivity index (χ3n) is 10.6.